The number of benzene rings is 2. The first-order valence-corrected chi connectivity index (χ1v) is 11.3. The van der Waals surface area contributed by atoms with Crippen LogP contribution in [0.3, 0.4) is 0 Å². The summed E-state index contributed by atoms with van der Waals surface area (Å²) in [5, 5.41) is 0. The second-order valence-electron chi connectivity index (χ2n) is 8.63. The van der Waals surface area contributed by atoms with E-state index < -0.39 is 17.9 Å². The highest BCUT2D eigenvalue weighted by Gasteiger charge is 2.18. The van der Waals surface area contributed by atoms with Gasteiger partial charge in [0, 0.05) is 22.6 Å². The van der Waals surface area contributed by atoms with Crippen molar-refractivity contribution in [2.45, 2.75) is 33.1 Å². The van der Waals surface area contributed by atoms with Gasteiger partial charge in [-0.1, -0.05) is 44.0 Å². The lowest BCUT2D eigenvalue weighted by molar-refractivity contribution is -0.134. The number of ether oxygens (including phenoxy) is 3. The number of allylic oxidation sites excluding steroid dienone is 3. The number of rotatable bonds is 8. The van der Waals surface area contributed by atoms with Gasteiger partial charge in [0.1, 0.15) is 17.3 Å². The fourth-order valence-electron chi connectivity index (χ4n) is 3.28. The molecule has 0 saturated heterocycles. The van der Waals surface area contributed by atoms with Crippen LogP contribution in [0.5, 0.6) is 11.5 Å². The molecule has 0 N–H and O–H groups in total. The lowest BCUT2D eigenvalue weighted by Gasteiger charge is -2.19. The van der Waals surface area contributed by atoms with Gasteiger partial charge in [-0.2, -0.15) is 0 Å². The van der Waals surface area contributed by atoms with Crippen molar-refractivity contribution in [3.8, 4) is 22.6 Å². The Hall–Kier alpha value is -4.45. The number of hydrogen-bond donors (Lipinski definition) is 0. The quantitative estimate of drug-likeness (QED) is 0.246. The van der Waals surface area contributed by atoms with Crippen molar-refractivity contribution < 1.29 is 28.6 Å². The molecule has 36 heavy (non-hydrogen) atoms. The van der Waals surface area contributed by atoms with Gasteiger partial charge in [-0.25, -0.2) is 14.4 Å². The van der Waals surface area contributed by atoms with Gasteiger partial charge in [-0.3, -0.25) is 0 Å². The van der Waals surface area contributed by atoms with Gasteiger partial charge >= 0.3 is 17.9 Å². The van der Waals surface area contributed by atoms with Crippen LogP contribution in [-0.2, 0) is 19.1 Å². The Kier molecular flexibility index (Phi) is 8.22. The van der Waals surface area contributed by atoms with Crippen LogP contribution < -0.4 is 9.47 Å². The molecule has 2 aromatic rings. The van der Waals surface area contributed by atoms with Crippen LogP contribution >= 0.6 is 0 Å². The van der Waals surface area contributed by atoms with E-state index in [2.05, 4.69) is 19.7 Å². The first-order valence-electron chi connectivity index (χ1n) is 11.3. The predicted octanol–water partition coefficient (Wildman–Crippen LogP) is 6.36. The molecule has 0 amide bonds. The van der Waals surface area contributed by atoms with Gasteiger partial charge in [0.25, 0.3) is 0 Å². The zero-order valence-corrected chi connectivity index (χ0v) is 20.6. The summed E-state index contributed by atoms with van der Waals surface area (Å²) in [4.78, 5) is 35.8. The van der Waals surface area contributed by atoms with E-state index in [9.17, 15) is 14.4 Å². The number of esters is 3. The van der Waals surface area contributed by atoms with Crippen molar-refractivity contribution in [2.24, 2.45) is 0 Å². The molecule has 1 unspecified atom stereocenters. The Morgan fingerprint density at radius 1 is 0.722 bits per heavy atom. The summed E-state index contributed by atoms with van der Waals surface area (Å²) in [6.07, 6.45) is 6.10. The summed E-state index contributed by atoms with van der Waals surface area (Å²) in [6, 6.07) is 12.6. The molecule has 0 spiro atoms. The van der Waals surface area contributed by atoms with Crippen molar-refractivity contribution in [1.82, 2.24) is 0 Å². The summed E-state index contributed by atoms with van der Waals surface area (Å²) >= 11 is 0. The Labute approximate surface area is 210 Å². The molecule has 6 heteroatoms. The molecule has 0 heterocycles. The summed E-state index contributed by atoms with van der Waals surface area (Å²) in [7, 11) is 0. The van der Waals surface area contributed by atoms with Crippen LogP contribution in [0.4, 0.5) is 0 Å². The molecule has 1 aliphatic carbocycles. The zero-order chi connectivity index (χ0) is 26.4. The highest BCUT2D eigenvalue weighted by molar-refractivity contribution is 5.90. The van der Waals surface area contributed by atoms with E-state index in [1.165, 1.54) is 0 Å². The van der Waals surface area contributed by atoms with E-state index in [-0.39, 0.29) is 11.5 Å². The summed E-state index contributed by atoms with van der Waals surface area (Å²) < 4.78 is 16.1. The van der Waals surface area contributed by atoms with Crippen LogP contribution in [0.15, 0.2) is 103 Å². The maximum Gasteiger partial charge on any atom is 0.338 e. The number of carbonyl (C=O) groups is 3. The third-order valence-corrected chi connectivity index (χ3v) is 5.29. The average molecular weight is 485 g/mol. The lowest BCUT2D eigenvalue weighted by Crippen LogP contribution is -2.09. The Morgan fingerprint density at radius 2 is 1.28 bits per heavy atom. The average Bonchev–Trinajstić information content (AvgIpc) is 2.84. The van der Waals surface area contributed by atoms with Gasteiger partial charge in [0.05, 0.1) is 0 Å². The molecular weight excluding hydrogens is 456 g/mol. The monoisotopic (exact) mass is 484 g/mol. The van der Waals surface area contributed by atoms with Crippen LogP contribution in [0.1, 0.15) is 38.7 Å². The molecule has 0 aromatic heterocycles. The molecule has 1 atom stereocenters. The van der Waals surface area contributed by atoms with Gasteiger partial charge in [0.15, 0.2) is 0 Å². The second-order valence-corrected chi connectivity index (χ2v) is 8.63. The molecule has 1 aliphatic rings. The molecule has 184 valence electrons. The second kappa shape index (κ2) is 11.3. The van der Waals surface area contributed by atoms with Crippen LogP contribution in [0.2, 0.25) is 0 Å². The molecule has 0 saturated carbocycles. The third kappa shape index (κ3) is 6.79. The molecule has 0 bridgehead atoms. The standard InChI is InChI=1S/C30H28O6/c1-18(2)28(31)34-25-11-7-21(8-12-25)23-15-24(17-27(16-23)36-30(33)20(5)6)22-9-13-26(14-10-22)35-29(32)19(3)4/h7-9,11-17,22H,1,3,5,10H2,2,4,6H3. The van der Waals surface area contributed by atoms with Crippen molar-refractivity contribution >= 4 is 17.9 Å². The Balaban J connectivity index is 1.89. The van der Waals surface area contributed by atoms with Crippen molar-refractivity contribution in [1.29, 1.82) is 0 Å². The van der Waals surface area contributed by atoms with E-state index in [1.54, 1.807) is 51.1 Å². The van der Waals surface area contributed by atoms with E-state index >= 15 is 0 Å². The van der Waals surface area contributed by atoms with E-state index in [0.29, 0.717) is 34.8 Å². The highest BCUT2D eigenvalue weighted by Crippen LogP contribution is 2.35. The smallest absolute Gasteiger partial charge is 0.338 e. The topological polar surface area (TPSA) is 78.9 Å². The van der Waals surface area contributed by atoms with Gasteiger partial charge in [0.2, 0.25) is 0 Å². The van der Waals surface area contributed by atoms with Crippen LogP contribution in [0, 0.1) is 0 Å². The van der Waals surface area contributed by atoms with Crippen LogP contribution in [-0.4, -0.2) is 17.9 Å². The summed E-state index contributed by atoms with van der Waals surface area (Å²) in [6.45, 7) is 15.6. The SMILES string of the molecule is C=C(C)C(=O)OC1=CCC(c2cc(OC(=O)C(=C)C)cc(-c3ccc(OC(=O)C(=C)C)cc3)c2)C=C1. The number of hydrogen-bond acceptors (Lipinski definition) is 6. The zero-order valence-electron chi connectivity index (χ0n) is 20.6. The minimum Gasteiger partial charge on any atom is -0.424 e. The van der Waals surface area contributed by atoms with Gasteiger partial charge in [-0.15, -0.1) is 0 Å². The Bertz CT molecular complexity index is 1310. The predicted molar refractivity (Wildman–Crippen MR) is 138 cm³/mol. The molecule has 0 fully saturated rings. The van der Waals surface area contributed by atoms with Crippen molar-refractivity contribution in [3.63, 3.8) is 0 Å². The Morgan fingerprint density at radius 3 is 1.81 bits per heavy atom. The molecule has 3 rings (SSSR count). The van der Waals surface area contributed by atoms with Crippen LogP contribution in [0.25, 0.3) is 11.1 Å². The van der Waals surface area contributed by atoms with Crippen molar-refractivity contribution in [3.05, 3.63) is 108 Å². The third-order valence-electron chi connectivity index (χ3n) is 5.29. The summed E-state index contributed by atoms with van der Waals surface area (Å²) in [5.41, 5.74) is 3.48. The lowest BCUT2D eigenvalue weighted by atomic mass is 9.89. The maximum atomic E-state index is 12.2. The normalized spacial score (nSPS) is 14.3. The largest absolute Gasteiger partial charge is 0.424 e. The molecule has 2 aromatic carbocycles. The molecular formula is C30H28O6. The molecule has 6 nitrogen and oxygen atoms in total. The minimum absolute atomic E-state index is 0.0321. The fourth-order valence-corrected chi connectivity index (χ4v) is 3.28. The first kappa shape index (κ1) is 26.2. The molecule has 0 aliphatic heterocycles. The highest BCUT2D eigenvalue weighted by atomic mass is 16.5. The summed E-state index contributed by atoms with van der Waals surface area (Å²) in [5.74, 6) is -0.283. The van der Waals surface area contributed by atoms with E-state index in [4.69, 9.17) is 14.2 Å². The van der Waals surface area contributed by atoms with Crippen molar-refractivity contribution in [2.75, 3.05) is 0 Å². The minimum atomic E-state index is -0.520. The molecule has 0 radical (unpaired) electrons. The fraction of sp³-hybridized carbons (Fsp3) is 0.167. The van der Waals surface area contributed by atoms with Gasteiger partial charge in [-0.05, 0) is 80.3 Å². The van der Waals surface area contributed by atoms with E-state index in [1.807, 2.05) is 30.4 Å². The van der Waals surface area contributed by atoms with E-state index in [0.717, 1.165) is 16.7 Å². The maximum absolute atomic E-state index is 12.2. The van der Waals surface area contributed by atoms with Gasteiger partial charge < -0.3 is 14.2 Å². The first-order chi connectivity index (χ1) is 17.0. The number of carbonyl (C=O) groups excluding carboxylic acids is 3.